The number of rotatable bonds is 7. The highest BCUT2D eigenvalue weighted by Crippen LogP contribution is 2.22. The van der Waals surface area contributed by atoms with Crippen molar-refractivity contribution in [3.8, 4) is 11.1 Å². The summed E-state index contributed by atoms with van der Waals surface area (Å²) in [5.74, 6) is 0.333. The topological polar surface area (TPSA) is 83.6 Å². The highest BCUT2D eigenvalue weighted by Gasteiger charge is 2.10. The molecule has 1 aromatic heterocycles. The molecule has 2 aromatic rings. The Balaban J connectivity index is 0.000000892. The van der Waals surface area contributed by atoms with Crippen LogP contribution in [0.5, 0.6) is 0 Å². The summed E-state index contributed by atoms with van der Waals surface area (Å²) >= 11 is 0. The number of carbonyl (C=O) groups excluding carboxylic acids is 1. The Kier molecular flexibility index (Phi) is 10.2. The molecule has 1 amide bonds. The van der Waals surface area contributed by atoms with Gasteiger partial charge in [-0.05, 0) is 55.9 Å². The van der Waals surface area contributed by atoms with Gasteiger partial charge >= 0.3 is 0 Å². The summed E-state index contributed by atoms with van der Waals surface area (Å²) in [6, 6.07) is 11.7. The van der Waals surface area contributed by atoms with Crippen LogP contribution >= 0.6 is 0 Å². The molecule has 0 fully saturated rings. The molecule has 150 valence electrons. The smallest absolute Gasteiger partial charge is 0.219 e. The van der Waals surface area contributed by atoms with Crippen LogP contribution in [0.3, 0.4) is 0 Å². The molecule has 0 saturated carbocycles. The van der Waals surface area contributed by atoms with Gasteiger partial charge in [-0.15, -0.1) is 0 Å². The number of hydrogen-bond donors (Lipinski definition) is 2. The summed E-state index contributed by atoms with van der Waals surface area (Å²) in [6.45, 7) is 11.5. The summed E-state index contributed by atoms with van der Waals surface area (Å²) in [5.41, 5.74) is 9.56. The first-order valence-corrected chi connectivity index (χ1v) is 9.35. The van der Waals surface area contributed by atoms with Crippen LogP contribution in [0.15, 0.2) is 65.9 Å². The Morgan fingerprint density at radius 1 is 1.14 bits per heavy atom. The summed E-state index contributed by atoms with van der Waals surface area (Å²) in [5, 5.41) is 2.93. The van der Waals surface area contributed by atoms with Crippen molar-refractivity contribution in [3.05, 3.63) is 60.9 Å². The minimum absolute atomic E-state index is 0.00634. The minimum Gasteiger partial charge on any atom is -0.383 e. The number of amides is 1. The van der Waals surface area contributed by atoms with Crippen molar-refractivity contribution in [2.75, 3.05) is 26.7 Å². The average Bonchev–Trinajstić information content (AvgIpc) is 2.72. The molecule has 1 aromatic carbocycles. The molecule has 0 aliphatic carbocycles. The van der Waals surface area contributed by atoms with Gasteiger partial charge in [-0.3, -0.25) is 9.78 Å². The molecule has 0 bridgehead atoms. The van der Waals surface area contributed by atoms with E-state index in [-0.39, 0.29) is 5.91 Å². The van der Waals surface area contributed by atoms with Gasteiger partial charge in [0.05, 0.1) is 5.69 Å². The van der Waals surface area contributed by atoms with Crippen LogP contribution in [-0.2, 0) is 4.79 Å². The van der Waals surface area contributed by atoms with E-state index in [1.165, 1.54) is 6.92 Å². The molecule has 3 N–H and O–H groups in total. The van der Waals surface area contributed by atoms with E-state index in [4.69, 9.17) is 5.73 Å². The van der Waals surface area contributed by atoms with Crippen molar-refractivity contribution in [2.24, 2.45) is 10.7 Å². The standard InChI is InChI=1S/C19H22N4O.C3H9N/c1-4-23(15(3)24)13-14(2)19(20)22-18-7-5-16(6-8-18)17-9-11-21-12-10-17;1-3-4-2/h5-12H,2,4,13H2,1,3H3,(H2,20,22);4H,3H2,1-2H3. The minimum atomic E-state index is -0.00634. The third-order valence-electron chi connectivity index (χ3n) is 4.06. The predicted octanol–water partition coefficient (Wildman–Crippen LogP) is 3.39. The van der Waals surface area contributed by atoms with Gasteiger partial charge < -0.3 is 16.0 Å². The van der Waals surface area contributed by atoms with Crippen LogP contribution in [-0.4, -0.2) is 48.3 Å². The molecule has 0 aliphatic rings. The van der Waals surface area contributed by atoms with Crippen LogP contribution in [0, 0.1) is 0 Å². The molecule has 1 heterocycles. The molecule has 2 rings (SSSR count). The fourth-order valence-electron chi connectivity index (χ4n) is 2.25. The van der Waals surface area contributed by atoms with E-state index in [1.54, 1.807) is 17.3 Å². The molecule has 6 heteroatoms. The number of nitrogens with one attached hydrogen (secondary N) is 1. The maximum atomic E-state index is 11.5. The van der Waals surface area contributed by atoms with Crippen molar-refractivity contribution in [1.29, 1.82) is 0 Å². The zero-order valence-corrected chi connectivity index (χ0v) is 17.3. The normalized spacial score (nSPS) is 10.6. The first kappa shape index (κ1) is 23.0. The maximum absolute atomic E-state index is 11.5. The lowest BCUT2D eigenvalue weighted by atomic mass is 10.1. The average molecular weight is 382 g/mol. The fraction of sp³-hybridized carbons (Fsp3) is 0.318. The first-order chi connectivity index (χ1) is 13.4. The molecular weight excluding hydrogens is 350 g/mol. The van der Waals surface area contributed by atoms with Crippen molar-refractivity contribution in [1.82, 2.24) is 15.2 Å². The molecular formula is C22H31N5O. The maximum Gasteiger partial charge on any atom is 0.219 e. The van der Waals surface area contributed by atoms with Crippen LogP contribution in [0.4, 0.5) is 5.69 Å². The Morgan fingerprint density at radius 3 is 2.14 bits per heavy atom. The second kappa shape index (κ2) is 12.4. The Bertz CT molecular complexity index is 767. The molecule has 6 nitrogen and oxygen atoms in total. The molecule has 0 saturated heterocycles. The van der Waals surface area contributed by atoms with Crippen LogP contribution in [0.2, 0.25) is 0 Å². The number of nitrogens with two attached hydrogens (primary N) is 1. The third-order valence-corrected chi connectivity index (χ3v) is 4.06. The Labute approximate surface area is 168 Å². The zero-order chi connectivity index (χ0) is 20.9. The summed E-state index contributed by atoms with van der Waals surface area (Å²) in [6.07, 6.45) is 3.52. The number of hydrogen-bond acceptors (Lipinski definition) is 4. The van der Waals surface area contributed by atoms with E-state index >= 15 is 0 Å². The lowest BCUT2D eigenvalue weighted by Crippen LogP contribution is -2.33. The number of benzene rings is 1. The number of aromatic nitrogens is 1. The van der Waals surface area contributed by atoms with Gasteiger partial charge in [-0.25, -0.2) is 4.99 Å². The lowest BCUT2D eigenvalue weighted by molar-refractivity contribution is -0.128. The van der Waals surface area contributed by atoms with Crippen LogP contribution < -0.4 is 11.1 Å². The number of aliphatic imine (C=N–C) groups is 1. The quantitative estimate of drug-likeness (QED) is 0.569. The van der Waals surface area contributed by atoms with E-state index in [0.29, 0.717) is 24.5 Å². The number of amidine groups is 1. The number of carbonyl (C=O) groups is 1. The van der Waals surface area contributed by atoms with Gasteiger partial charge in [0.2, 0.25) is 5.91 Å². The Hall–Kier alpha value is -2.99. The van der Waals surface area contributed by atoms with Gasteiger partial charge in [0.1, 0.15) is 5.84 Å². The molecule has 0 atom stereocenters. The van der Waals surface area contributed by atoms with Crippen LogP contribution in [0.1, 0.15) is 20.8 Å². The van der Waals surface area contributed by atoms with E-state index in [9.17, 15) is 4.79 Å². The fourth-order valence-corrected chi connectivity index (χ4v) is 2.25. The molecule has 0 radical (unpaired) electrons. The van der Waals surface area contributed by atoms with Gasteiger partial charge in [-0.1, -0.05) is 25.6 Å². The van der Waals surface area contributed by atoms with Crippen molar-refractivity contribution >= 4 is 17.4 Å². The SMILES string of the molecule is C=C(CN(CC)C(C)=O)C(N)=Nc1ccc(-c2ccncc2)cc1.CCNC. The van der Waals surface area contributed by atoms with Gasteiger partial charge in [0, 0.05) is 38.0 Å². The molecule has 0 spiro atoms. The second-order valence-corrected chi connectivity index (χ2v) is 6.12. The summed E-state index contributed by atoms with van der Waals surface area (Å²) in [4.78, 5) is 21.5. The summed E-state index contributed by atoms with van der Waals surface area (Å²) < 4.78 is 0. The third kappa shape index (κ3) is 7.72. The molecule has 0 unspecified atom stereocenters. The van der Waals surface area contributed by atoms with Crippen molar-refractivity contribution in [2.45, 2.75) is 20.8 Å². The van der Waals surface area contributed by atoms with Gasteiger partial charge in [0.25, 0.3) is 0 Å². The van der Waals surface area contributed by atoms with E-state index in [1.807, 2.05) is 50.4 Å². The second-order valence-electron chi connectivity index (χ2n) is 6.12. The van der Waals surface area contributed by atoms with Crippen LogP contribution in [0.25, 0.3) is 11.1 Å². The lowest BCUT2D eigenvalue weighted by Gasteiger charge is -2.19. The molecule has 28 heavy (non-hydrogen) atoms. The van der Waals surface area contributed by atoms with Crippen molar-refractivity contribution < 1.29 is 4.79 Å². The van der Waals surface area contributed by atoms with E-state index in [2.05, 4.69) is 28.8 Å². The van der Waals surface area contributed by atoms with Crippen molar-refractivity contribution in [3.63, 3.8) is 0 Å². The number of likely N-dealkylation sites (N-methyl/N-ethyl adjacent to an activating group) is 1. The monoisotopic (exact) mass is 381 g/mol. The van der Waals surface area contributed by atoms with Gasteiger partial charge in [-0.2, -0.15) is 0 Å². The van der Waals surface area contributed by atoms with E-state index in [0.717, 1.165) is 23.4 Å². The highest BCUT2D eigenvalue weighted by atomic mass is 16.2. The first-order valence-electron chi connectivity index (χ1n) is 9.35. The summed E-state index contributed by atoms with van der Waals surface area (Å²) in [7, 11) is 1.93. The van der Waals surface area contributed by atoms with Gasteiger partial charge in [0.15, 0.2) is 0 Å². The van der Waals surface area contributed by atoms with E-state index < -0.39 is 0 Å². The predicted molar refractivity (Wildman–Crippen MR) is 118 cm³/mol. The highest BCUT2D eigenvalue weighted by molar-refractivity contribution is 5.98. The number of pyridine rings is 1. The Morgan fingerprint density at radius 2 is 1.68 bits per heavy atom. The number of nitrogens with zero attached hydrogens (tertiary/aromatic N) is 3. The zero-order valence-electron chi connectivity index (χ0n) is 17.3. The largest absolute Gasteiger partial charge is 0.383 e. The molecule has 0 aliphatic heterocycles.